The second-order valence-electron chi connectivity index (χ2n) is 7.73. The monoisotopic (exact) mass is 375 g/mol. The zero-order valence-corrected chi connectivity index (χ0v) is 16.3. The molecule has 5 rings (SSSR count). The zero-order chi connectivity index (χ0) is 19.8. The summed E-state index contributed by atoms with van der Waals surface area (Å²) >= 11 is 0. The minimum atomic E-state index is -3.96. The lowest BCUT2D eigenvalue weighted by Gasteiger charge is -2.33. The molecule has 0 saturated heterocycles. The minimum absolute atomic E-state index is 0.562. The number of benzene rings is 1. The molecule has 2 aliphatic heterocycles. The number of para-hydroxylation sites is 1. The number of aromatic nitrogens is 2. The number of halogens is 2. The van der Waals surface area contributed by atoms with Gasteiger partial charge in [0, 0.05) is 29.7 Å². The molecule has 0 aliphatic carbocycles. The van der Waals surface area contributed by atoms with Gasteiger partial charge in [-0.05, 0) is 50.2 Å². The molecule has 0 unspecified atom stereocenters. The van der Waals surface area contributed by atoms with E-state index in [1.165, 1.54) is 8.96 Å². The molecular weight excluding hydrogens is 355 g/mol. The Balaban J connectivity index is 1.93. The third-order valence-corrected chi connectivity index (χ3v) is 5.79. The van der Waals surface area contributed by atoms with Gasteiger partial charge in [0.05, 0.1) is 16.8 Å². The Morgan fingerprint density at radius 1 is 1.00 bits per heavy atom. The summed E-state index contributed by atoms with van der Waals surface area (Å²) in [7, 11) is 0. The van der Waals surface area contributed by atoms with Crippen LogP contribution in [0.25, 0.3) is 16.5 Å². The Kier molecular flexibility index (Phi) is 3.36. The molecule has 2 aromatic heterocycles. The molecular formula is C22H20BF2N3. The Hall–Kier alpha value is -3.02. The fourth-order valence-electron chi connectivity index (χ4n) is 4.75. The van der Waals surface area contributed by atoms with Gasteiger partial charge in [-0.3, -0.25) is 0 Å². The zero-order valence-electron chi connectivity index (χ0n) is 16.3. The minimum Gasteiger partial charge on any atom is -0.393 e. The molecule has 3 aromatic rings. The topological polar surface area (TPSA) is 20.8 Å². The molecule has 0 bridgehead atoms. The van der Waals surface area contributed by atoms with Crippen LogP contribution in [-0.2, 0) is 0 Å². The summed E-state index contributed by atoms with van der Waals surface area (Å²) in [6.45, 7) is 3.32. The summed E-state index contributed by atoms with van der Waals surface area (Å²) in [6.07, 6.45) is 1.84. The molecule has 0 atom stereocenters. The fraction of sp³-hybridized carbons (Fsp3) is 0.182. The average Bonchev–Trinajstić information content (AvgIpc) is 3.12. The van der Waals surface area contributed by atoms with Gasteiger partial charge in [0.25, 0.3) is 0 Å². The molecule has 0 N–H and O–H groups in total. The van der Waals surface area contributed by atoms with E-state index < -0.39 is 6.97 Å². The third-order valence-electron chi connectivity index (χ3n) is 5.79. The lowest BCUT2D eigenvalue weighted by atomic mass is 9.85. The van der Waals surface area contributed by atoms with Crippen molar-refractivity contribution in [3.8, 4) is 0 Å². The number of rotatable bonds is 1. The maximum absolute atomic E-state index is 15.6. The Labute approximate surface area is 162 Å². The highest BCUT2D eigenvalue weighted by Crippen LogP contribution is 2.43. The highest BCUT2D eigenvalue weighted by atomic mass is 19.2. The van der Waals surface area contributed by atoms with Crippen LogP contribution >= 0.6 is 0 Å². The van der Waals surface area contributed by atoms with E-state index in [1.807, 2.05) is 62.4 Å². The number of aryl methyl sites for hydroxylation is 2. The normalized spacial score (nSPS) is 17.9. The van der Waals surface area contributed by atoms with Gasteiger partial charge in [0.1, 0.15) is 5.71 Å². The first-order chi connectivity index (χ1) is 13.3. The van der Waals surface area contributed by atoms with Gasteiger partial charge in [0.15, 0.2) is 5.70 Å². The molecule has 28 heavy (non-hydrogen) atoms. The van der Waals surface area contributed by atoms with E-state index >= 15 is 8.63 Å². The number of hydrogen-bond donors (Lipinski definition) is 0. The average molecular weight is 375 g/mol. The SMILES string of the molecule is CC1=CC(C)=[N+]2C1=C(c1ccc3ccccc3n1)c1c(C)cc(C)n1[B-]2(F)F. The number of nitrogens with zero attached hydrogens (tertiary/aromatic N) is 3. The van der Waals surface area contributed by atoms with Crippen LogP contribution in [0.2, 0.25) is 0 Å². The number of pyridine rings is 1. The van der Waals surface area contributed by atoms with E-state index in [2.05, 4.69) is 0 Å². The second kappa shape index (κ2) is 5.50. The molecule has 4 heterocycles. The quantitative estimate of drug-likeness (QED) is 0.544. The number of hydrogen-bond acceptors (Lipinski definition) is 1. The summed E-state index contributed by atoms with van der Waals surface area (Å²) in [5.41, 5.74) is 6.29. The van der Waals surface area contributed by atoms with Gasteiger partial charge >= 0.3 is 6.97 Å². The predicted molar refractivity (Wildman–Crippen MR) is 110 cm³/mol. The van der Waals surface area contributed by atoms with E-state index in [-0.39, 0.29) is 0 Å². The van der Waals surface area contributed by atoms with E-state index in [1.54, 1.807) is 13.8 Å². The second-order valence-corrected chi connectivity index (χ2v) is 7.73. The molecule has 0 radical (unpaired) electrons. The van der Waals surface area contributed by atoms with Crippen LogP contribution in [0.15, 0.2) is 59.8 Å². The van der Waals surface area contributed by atoms with Crippen molar-refractivity contribution < 1.29 is 13.1 Å². The van der Waals surface area contributed by atoms with Crippen molar-refractivity contribution in [2.45, 2.75) is 27.7 Å². The van der Waals surface area contributed by atoms with Gasteiger partial charge in [-0.25, -0.2) is 4.98 Å². The first-order valence-corrected chi connectivity index (χ1v) is 9.44. The van der Waals surface area contributed by atoms with Crippen LogP contribution in [0, 0.1) is 13.8 Å². The van der Waals surface area contributed by atoms with Crippen molar-refractivity contribution in [1.82, 2.24) is 9.46 Å². The first-order valence-electron chi connectivity index (χ1n) is 9.44. The maximum atomic E-state index is 15.6. The van der Waals surface area contributed by atoms with Gasteiger partial charge in [-0.15, -0.1) is 0 Å². The molecule has 0 fully saturated rings. The lowest BCUT2D eigenvalue weighted by molar-refractivity contribution is -0.363. The van der Waals surface area contributed by atoms with Crippen molar-refractivity contribution in [3.63, 3.8) is 0 Å². The largest absolute Gasteiger partial charge is 0.737 e. The molecule has 140 valence electrons. The van der Waals surface area contributed by atoms with Crippen LogP contribution in [-0.4, -0.2) is 26.6 Å². The number of fused-ring (bicyclic) bond motifs is 3. The third kappa shape index (κ3) is 2.09. The van der Waals surface area contributed by atoms with Crippen LogP contribution < -0.4 is 0 Å². The van der Waals surface area contributed by atoms with E-state index in [0.29, 0.717) is 22.8 Å². The van der Waals surface area contributed by atoms with E-state index in [9.17, 15) is 0 Å². The molecule has 0 spiro atoms. The van der Waals surface area contributed by atoms with Gasteiger partial charge in [-0.2, -0.15) is 0 Å². The molecule has 2 aliphatic rings. The molecule has 3 nitrogen and oxygen atoms in total. The Morgan fingerprint density at radius 2 is 1.75 bits per heavy atom. The molecule has 0 saturated carbocycles. The molecule has 0 amide bonds. The van der Waals surface area contributed by atoms with Crippen LogP contribution in [0.1, 0.15) is 36.5 Å². The standard InChI is InChI=1S/C22H20BF2N3/c1-13-11-15(3)27-21(13)20(19-10-9-17-7-5-6-8-18(17)26-19)22-14(2)12-16(4)28(22)23(27,24)25/h5-12H,1-4H3. The Bertz CT molecular complexity index is 1280. The van der Waals surface area contributed by atoms with Crippen LogP contribution in [0.4, 0.5) is 8.63 Å². The predicted octanol–water partition coefficient (Wildman–Crippen LogP) is 5.08. The van der Waals surface area contributed by atoms with Gasteiger partial charge in [0.2, 0.25) is 0 Å². The maximum Gasteiger partial charge on any atom is 0.737 e. The van der Waals surface area contributed by atoms with E-state index in [0.717, 1.165) is 33.3 Å². The van der Waals surface area contributed by atoms with Crippen LogP contribution in [0.3, 0.4) is 0 Å². The van der Waals surface area contributed by atoms with Crippen molar-refractivity contribution >= 4 is 29.2 Å². The van der Waals surface area contributed by atoms with Gasteiger partial charge < -0.3 is 17.6 Å². The molecule has 6 heteroatoms. The summed E-state index contributed by atoms with van der Waals surface area (Å²) in [5, 5.41) is 1.03. The van der Waals surface area contributed by atoms with Gasteiger partial charge in [-0.1, -0.05) is 24.3 Å². The summed E-state index contributed by atoms with van der Waals surface area (Å²) in [4.78, 5) is 4.84. The summed E-state index contributed by atoms with van der Waals surface area (Å²) in [5.74, 6) is 0. The van der Waals surface area contributed by atoms with E-state index in [4.69, 9.17) is 4.98 Å². The van der Waals surface area contributed by atoms with Crippen molar-refractivity contribution in [2.24, 2.45) is 0 Å². The van der Waals surface area contributed by atoms with Crippen molar-refractivity contribution in [1.29, 1.82) is 0 Å². The smallest absolute Gasteiger partial charge is 0.393 e. The Morgan fingerprint density at radius 3 is 2.54 bits per heavy atom. The van der Waals surface area contributed by atoms with Crippen molar-refractivity contribution in [2.75, 3.05) is 0 Å². The van der Waals surface area contributed by atoms with Crippen LogP contribution in [0.5, 0.6) is 0 Å². The summed E-state index contributed by atoms with van der Waals surface area (Å²) < 4.78 is 33.7. The lowest BCUT2D eigenvalue weighted by Crippen LogP contribution is -2.51. The molecule has 1 aromatic carbocycles. The fourth-order valence-corrected chi connectivity index (χ4v) is 4.75. The number of allylic oxidation sites excluding steroid dienone is 2. The highest BCUT2D eigenvalue weighted by Gasteiger charge is 2.55. The highest BCUT2D eigenvalue weighted by molar-refractivity contribution is 6.58. The van der Waals surface area contributed by atoms with Crippen molar-refractivity contribution in [3.05, 3.63) is 82.5 Å². The first kappa shape index (κ1) is 17.1. The summed E-state index contributed by atoms with van der Waals surface area (Å²) in [6, 6.07) is 13.7.